The van der Waals surface area contributed by atoms with E-state index in [2.05, 4.69) is 54.6 Å². The van der Waals surface area contributed by atoms with Gasteiger partial charge in [-0.2, -0.15) is 4.98 Å². The maximum absolute atomic E-state index is 12.7. The number of hydrogen-bond donors (Lipinski definition) is 0. The molecule has 2 aromatic rings. The maximum Gasteiger partial charge on any atom is 0.241 e. The molecule has 158 valence electrons. The first-order valence-corrected chi connectivity index (χ1v) is 10.5. The lowest BCUT2D eigenvalue weighted by molar-refractivity contribution is -0.136. The van der Waals surface area contributed by atoms with E-state index in [1.54, 1.807) is 0 Å². The van der Waals surface area contributed by atoms with Crippen molar-refractivity contribution in [1.29, 1.82) is 0 Å². The number of aromatic nitrogens is 2. The van der Waals surface area contributed by atoms with Crippen LogP contribution in [0.1, 0.15) is 39.1 Å². The Balaban J connectivity index is 1.49. The van der Waals surface area contributed by atoms with Gasteiger partial charge in [0.15, 0.2) is 0 Å². The Morgan fingerprint density at radius 1 is 1.03 bits per heavy atom. The summed E-state index contributed by atoms with van der Waals surface area (Å²) in [6, 6.07) is 8.57. The van der Waals surface area contributed by atoms with Crippen LogP contribution in [-0.2, 0) is 11.3 Å². The number of hydrogen-bond acceptors (Lipinski definition) is 6. The Labute approximate surface area is 173 Å². The molecule has 1 fully saturated rings. The molecular formula is C22H33N5O2. The number of rotatable bonds is 7. The zero-order valence-electron chi connectivity index (χ0n) is 18.3. The van der Waals surface area contributed by atoms with Gasteiger partial charge in [0.1, 0.15) is 0 Å². The molecule has 0 atom stereocenters. The Morgan fingerprint density at radius 2 is 1.62 bits per heavy atom. The lowest BCUT2D eigenvalue weighted by atomic mass is 10.1. The van der Waals surface area contributed by atoms with Crippen LogP contribution in [0.25, 0.3) is 11.4 Å². The number of piperazine rings is 1. The van der Waals surface area contributed by atoms with Gasteiger partial charge in [-0.15, -0.1) is 0 Å². The van der Waals surface area contributed by atoms with Gasteiger partial charge in [-0.25, -0.2) is 0 Å². The highest BCUT2D eigenvalue weighted by Crippen LogP contribution is 2.17. The van der Waals surface area contributed by atoms with Crippen molar-refractivity contribution in [3.63, 3.8) is 0 Å². The van der Waals surface area contributed by atoms with Crippen molar-refractivity contribution < 1.29 is 9.32 Å². The average molecular weight is 400 g/mol. The van der Waals surface area contributed by atoms with Crippen LogP contribution >= 0.6 is 0 Å². The van der Waals surface area contributed by atoms with E-state index in [4.69, 9.17) is 4.52 Å². The van der Waals surface area contributed by atoms with E-state index in [1.807, 2.05) is 29.2 Å². The molecule has 7 nitrogen and oxygen atoms in total. The van der Waals surface area contributed by atoms with Gasteiger partial charge in [-0.3, -0.25) is 14.6 Å². The topological polar surface area (TPSA) is 65.7 Å². The number of nitrogens with zero attached hydrogens (tertiary/aromatic N) is 5. The van der Waals surface area contributed by atoms with Gasteiger partial charge in [-0.1, -0.05) is 35.0 Å². The third kappa shape index (κ3) is 5.64. The van der Waals surface area contributed by atoms with Crippen LogP contribution in [0, 0.1) is 6.92 Å². The second kappa shape index (κ2) is 9.50. The Hall–Kier alpha value is -2.25. The lowest BCUT2D eigenvalue weighted by Gasteiger charge is -2.36. The second-order valence-electron chi connectivity index (χ2n) is 8.42. The minimum Gasteiger partial charge on any atom is -0.338 e. The molecule has 0 radical (unpaired) electrons. The van der Waals surface area contributed by atoms with Crippen LogP contribution < -0.4 is 0 Å². The van der Waals surface area contributed by atoms with Gasteiger partial charge < -0.3 is 9.42 Å². The molecule has 0 N–H and O–H groups in total. The Morgan fingerprint density at radius 3 is 2.21 bits per heavy atom. The number of amides is 1. The van der Waals surface area contributed by atoms with E-state index in [-0.39, 0.29) is 18.0 Å². The normalized spacial score (nSPS) is 16.0. The van der Waals surface area contributed by atoms with E-state index in [0.29, 0.717) is 24.8 Å². The molecule has 29 heavy (non-hydrogen) atoms. The van der Waals surface area contributed by atoms with Gasteiger partial charge in [0.05, 0.1) is 13.1 Å². The molecule has 0 bridgehead atoms. The number of benzene rings is 1. The largest absolute Gasteiger partial charge is 0.338 e. The number of aryl methyl sites for hydroxylation is 1. The molecule has 1 amide bonds. The SMILES string of the molecule is Cc1ccc(-c2noc(CN3CCN(CC(=O)N(C(C)C)C(C)C)CC3)n2)cc1. The van der Waals surface area contributed by atoms with E-state index in [9.17, 15) is 4.79 Å². The second-order valence-corrected chi connectivity index (χ2v) is 8.42. The van der Waals surface area contributed by atoms with Crippen LogP contribution in [0.4, 0.5) is 0 Å². The molecule has 0 saturated carbocycles. The fourth-order valence-corrected chi connectivity index (χ4v) is 3.88. The first-order chi connectivity index (χ1) is 13.8. The quantitative estimate of drug-likeness (QED) is 0.713. The van der Waals surface area contributed by atoms with Crippen molar-refractivity contribution in [1.82, 2.24) is 24.8 Å². The van der Waals surface area contributed by atoms with Gasteiger partial charge in [-0.05, 0) is 34.6 Å². The van der Waals surface area contributed by atoms with Crippen molar-refractivity contribution >= 4 is 5.91 Å². The minimum absolute atomic E-state index is 0.211. The summed E-state index contributed by atoms with van der Waals surface area (Å²) in [6.45, 7) is 15.0. The summed E-state index contributed by atoms with van der Waals surface area (Å²) in [5.41, 5.74) is 2.17. The first kappa shape index (κ1) is 21.5. The van der Waals surface area contributed by atoms with E-state index >= 15 is 0 Å². The van der Waals surface area contributed by atoms with E-state index in [1.165, 1.54) is 5.56 Å². The van der Waals surface area contributed by atoms with Crippen molar-refractivity contribution in [3.05, 3.63) is 35.7 Å². The Bertz CT molecular complexity index is 784. The molecule has 0 aliphatic carbocycles. The van der Waals surface area contributed by atoms with Gasteiger partial charge >= 0.3 is 0 Å². The summed E-state index contributed by atoms with van der Waals surface area (Å²) in [5.74, 6) is 1.48. The standard InChI is InChI=1S/C22H33N5O2/c1-16(2)27(17(3)4)21(28)15-26-12-10-25(11-13-26)14-20-23-22(24-29-20)19-8-6-18(5)7-9-19/h6-9,16-17H,10-15H2,1-5H3. The van der Waals surface area contributed by atoms with Crippen molar-refractivity contribution in [2.45, 2.75) is 53.2 Å². The van der Waals surface area contributed by atoms with Gasteiger partial charge in [0.25, 0.3) is 0 Å². The highest BCUT2D eigenvalue weighted by Gasteiger charge is 2.25. The molecule has 1 aliphatic rings. The predicted octanol–water partition coefficient (Wildman–Crippen LogP) is 2.81. The van der Waals surface area contributed by atoms with Crippen LogP contribution in [-0.4, -0.2) is 75.6 Å². The molecule has 0 unspecified atom stereocenters. The third-order valence-corrected chi connectivity index (χ3v) is 5.36. The monoisotopic (exact) mass is 399 g/mol. The number of carbonyl (C=O) groups is 1. The van der Waals surface area contributed by atoms with Crippen molar-refractivity contribution in [2.75, 3.05) is 32.7 Å². The molecular weight excluding hydrogens is 366 g/mol. The molecule has 3 rings (SSSR count). The summed E-state index contributed by atoms with van der Waals surface area (Å²) in [5, 5.41) is 4.11. The molecule has 0 spiro atoms. The zero-order valence-corrected chi connectivity index (χ0v) is 18.3. The van der Waals surface area contributed by atoms with Gasteiger partial charge in [0, 0.05) is 43.8 Å². The summed E-state index contributed by atoms with van der Waals surface area (Å²) < 4.78 is 5.45. The summed E-state index contributed by atoms with van der Waals surface area (Å²) in [7, 11) is 0. The lowest BCUT2D eigenvalue weighted by Crippen LogP contribution is -2.52. The van der Waals surface area contributed by atoms with Crippen LogP contribution in [0.3, 0.4) is 0 Å². The smallest absolute Gasteiger partial charge is 0.241 e. The average Bonchev–Trinajstić information content (AvgIpc) is 3.12. The maximum atomic E-state index is 12.7. The van der Waals surface area contributed by atoms with Crippen molar-refractivity contribution in [2.24, 2.45) is 0 Å². The fraction of sp³-hybridized carbons (Fsp3) is 0.591. The van der Waals surface area contributed by atoms with Gasteiger partial charge in [0.2, 0.25) is 17.6 Å². The molecule has 7 heteroatoms. The molecule has 1 aromatic heterocycles. The minimum atomic E-state index is 0.211. The molecule has 1 saturated heterocycles. The third-order valence-electron chi connectivity index (χ3n) is 5.36. The summed E-state index contributed by atoms with van der Waals surface area (Å²) in [6.07, 6.45) is 0. The summed E-state index contributed by atoms with van der Waals surface area (Å²) >= 11 is 0. The molecule has 1 aromatic carbocycles. The summed E-state index contributed by atoms with van der Waals surface area (Å²) in [4.78, 5) is 23.7. The van der Waals surface area contributed by atoms with Crippen LogP contribution in [0.2, 0.25) is 0 Å². The highest BCUT2D eigenvalue weighted by atomic mass is 16.5. The highest BCUT2D eigenvalue weighted by molar-refractivity contribution is 5.78. The molecule has 1 aliphatic heterocycles. The fourth-order valence-electron chi connectivity index (χ4n) is 3.88. The van der Waals surface area contributed by atoms with E-state index in [0.717, 1.165) is 31.7 Å². The molecule has 2 heterocycles. The van der Waals surface area contributed by atoms with E-state index < -0.39 is 0 Å². The zero-order chi connectivity index (χ0) is 21.0. The number of carbonyl (C=O) groups excluding carboxylic acids is 1. The van der Waals surface area contributed by atoms with Crippen molar-refractivity contribution in [3.8, 4) is 11.4 Å². The van der Waals surface area contributed by atoms with Crippen LogP contribution in [0.15, 0.2) is 28.8 Å². The predicted molar refractivity (Wildman–Crippen MR) is 113 cm³/mol. The first-order valence-electron chi connectivity index (χ1n) is 10.5. The van der Waals surface area contributed by atoms with Crippen LogP contribution in [0.5, 0.6) is 0 Å². The Kier molecular flexibility index (Phi) is 7.03.